The van der Waals surface area contributed by atoms with E-state index in [1.807, 2.05) is 13.8 Å². The second-order valence-corrected chi connectivity index (χ2v) is 7.42. The molecule has 0 spiro atoms. The minimum absolute atomic E-state index is 0.0438. The van der Waals surface area contributed by atoms with Crippen molar-refractivity contribution in [3.63, 3.8) is 0 Å². The van der Waals surface area contributed by atoms with Crippen LogP contribution in [0.25, 0.3) is 0 Å². The van der Waals surface area contributed by atoms with Crippen molar-refractivity contribution in [2.24, 2.45) is 5.73 Å². The van der Waals surface area contributed by atoms with E-state index in [0.29, 0.717) is 13.0 Å². The monoisotopic (exact) mass is 355 g/mol. The Morgan fingerprint density at radius 1 is 1.38 bits per heavy atom. The van der Waals surface area contributed by atoms with Crippen LogP contribution in [0.4, 0.5) is 5.00 Å². The number of aliphatic hydroxyl groups excluding tert-OH is 1. The second kappa shape index (κ2) is 6.88. The molecule has 2 heterocycles. The van der Waals surface area contributed by atoms with Crippen molar-refractivity contribution in [1.82, 2.24) is 5.32 Å². The Labute approximate surface area is 143 Å². The maximum atomic E-state index is 12.0. The summed E-state index contributed by atoms with van der Waals surface area (Å²) >= 11 is 1.17. The fourth-order valence-corrected chi connectivity index (χ4v) is 3.51. The van der Waals surface area contributed by atoms with E-state index in [0.717, 1.165) is 10.4 Å². The normalized spacial score (nSPS) is 16.8. The fraction of sp³-hybridized carbons (Fsp3) is 0.533. The molecular weight excluding hydrogens is 334 g/mol. The number of thiophene rings is 1. The van der Waals surface area contributed by atoms with Gasteiger partial charge in [0.2, 0.25) is 0 Å². The Balaban J connectivity index is 2.22. The van der Waals surface area contributed by atoms with Gasteiger partial charge >= 0.3 is 11.8 Å². The van der Waals surface area contributed by atoms with E-state index in [-0.39, 0.29) is 17.1 Å². The summed E-state index contributed by atoms with van der Waals surface area (Å²) in [5.74, 6) is -2.48. The van der Waals surface area contributed by atoms with Gasteiger partial charge in [-0.2, -0.15) is 0 Å². The molecule has 0 fully saturated rings. The molecule has 3 amide bonds. The standard InChI is InChI=1S/C15H21N3O5S/c1-7(19)5-17-12(21)13(22)18-14-10(11(16)20)8-4-15(2,3)23-6-9(8)24-14/h7,19H,4-6H2,1-3H3,(H2,16,20)(H,17,21)(H,18,22). The number of fused-ring (bicyclic) bond motifs is 1. The highest BCUT2D eigenvalue weighted by Gasteiger charge is 2.33. The minimum atomic E-state index is -0.920. The van der Waals surface area contributed by atoms with Gasteiger partial charge in [0.15, 0.2) is 0 Å². The van der Waals surface area contributed by atoms with Gasteiger partial charge in [0.1, 0.15) is 5.00 Å². The van der Waals surface area contributed by atoms with Crippen molar-refractivity contribution in [3.8, 4) is 0 Å². The molecular formula is C15H21N3O5S. The van der Waals surface area contributed by atoms with Crippen LogP contribution in [0.2, 0.25) is 0 Å². The lowest BCUT2D eigenvalue weighted by atomic mass is 9.93. The lowest BCUT2D eigenvalue weighted by molar-refractivity contribution is -0.136. The molecule has 1 aromatic rings. The molecule has 0 bridgehead atoms. The first-order valence-electron chi connectivity index (χ1n) is 7.46. The van der Waals surface area contributed by atoms with Gasteiger partial charge in [-0.05, 0) is 26.3 Å². The summed E-state index contributed by atoms with van der Waals surface area (Å²) in [6.45, 7) is 5.56. The van der Waals surface area contributed by atoms with Crippen LogP contribution in [0.5, 0.6) is 0 Å². The van der Waals surface area contributed by atoms with Crippen LogP contribution >= 0.6 is 11.3 Å². The number of carbonyl (C=O) groups is 3. The molecule has 0 radical (unpaired) electrons. The smallest absolute Gasteiger partial charge is 0.314 e. The molecule has 0 aliphatic carbocycles. The van der Waals surface area contributed by atoms with Gasteiger partial charge in [-0.3, -0.25) is 14.4 Å². The number of primary amides is 1. The molecule has 9 heteroatoms. The Bertz CT molecular complexity index is 681. The number of amides is 3. The summed E-state index contributed by atoms with van der Waals surface area (Å²) in [7, 11) is 0. The topological polar surface area (TPSA) is 131 Å². The number of nitrogens with one attached hydrogen (secondary N) is 2. The molecule has 5 N–H and O–H groups in total. The SMILES string of the molecule is CC(O)CNC(=O)C(=O)Nc1sc2c(c1C(N)=O)CC(C)(C)OC2. The Kier molecular flexibility index (Phi) is 5.26. The van der Waals surface area contributed by atoms with E-state index >= 15 is 0 Å². The molecule has 1 aromatic heterocycles. The first kappa shape index (κ1) is 18.4. The van der Waals surface area contributed by atoms with Crippen LogP contribution in [0.15, 0.2) is 0 Å². The molecule has 132 valence electrons. The highest BCUT2D eigenvalue weighted by atomic mass is 32.1. The van der Waals surface area contributed by atoms with Crippen molar-refractivity contribution >= 4 is 34.1 Å². The van der Waals surface area contributed by atoms with Crippen molar-refractivity contribution in [2.75, 3.05) is 11.9 Å². The Hall–Kier alpha value is -1.97. The van der Waals surface area contributed by atoms with Crippen LogP contribution in [0.3, 0.4) is 0 Å². The zero-order valence-electron chi connectivity index (χ0n) is 13.8. The third-order valence-corrected chi connectivity index (χ3v) is 4.65. The van der Waals surface area contributed by atoms with Crippen LogP contribution in [0.1, 0.15) is 41.6 Å². The van der Waals surface area contributed by atoms with Crippen molar-refractivity contribution < 1.29 is 24.2 Å². The highest BCUT2D eigenvalue weighted by molar-refractivity contribution is 7.17. The molecule has 0 saturated carbocycles. The highest BCUT2D eigenvalue weighted by Crippen LogP contribution is 2.40. The number of rotatable bonds is 4. The van der Waals surface area contributed by atoms with E-state index in [1.54, 1.807) is 0 Å². The predicted molar refractivity (Wildman–Crippen MR) is 88.7 cm³/mol. The average Bonchev–Trinajstić information content (AvgIpc) is 2.80. The molecule has 1 unspecified atom stereocenters. The number of hydrogen-bond donors (Lipinski definition) is 4. The summed E-state index contributed by atoms with van der Waals surface area (Å²) < 4.78 is 5.70. The van der Waals surface area contributed by atoms with Crippen molar-refractivity contribution in [2.45, 2.75) is 45.5 Å². The van der Waals surface area contributed by atoms with Gasteiger partial charge in [0, 0.05) is 17.8 Å². The van der Waals surface area contributed by atoms with Gasteiger partial charge in [-0.1, -0.05) is 0 Å². The van der Waals surface area contributed by atoms with Gasteiger partial charge in [0.25, 0.3) is 5.91 Å². The van der Waals surface area contributed by atoms with Crippen LogP contribution in [-0.4, -0.2) is 41.1 Å². The van der Waals surface area contributed by atoms with Gasteiger partial charge in [-0.25, -0.2) is 0 Å². The zero-order valence-corrected chi connectivity index (χ0v) is 14.6. The number of aliphatic hydroxyl groups is 1. The average molecular weight is 355 g/mol. The zero-order chi connectivity index (χ0) is 18.1. The predicted octanol–water partition coefficient (Wildman–Crippen LogP) is 0.134. The summed E-state index contributed by atoms with van der Waals surface area (Å²) in [5, 5.41) is 14.1. The number of nitrogens with two attached hydrogens (primary N) is 1. The molecule has 1 aliphatic heterocycles. The van der Waals surface area contributed by atoms with Gasteiger partial charge in [-0.15, -0.1) is 11.3 Å². The lowest BCUT2D eigenvalue weighted by Gasteiger charge is -2.30. The molecule has 2 rings (SSSR count). The Morgan fingerprint density at radius 2 is 2.04 bits per heavy atom. The largest absolute Gasteiger partial charge is 0.392 e. The molecule has 1 aliphatic rings. The minimum Gasteiger partial charge on any atom is -0.392 e. The summed E-state index contributed by atoms with van der Waals surface area (Å²) in [4.78, 5) is 36.3. The van der Waals surface area contributed by atoms with E-state index in [4.69, 9.17) is 15.6 Å². The summed E-state index contributed by atoms with van der Waals surface area (Å²) in [6.07, 6.45) is -0.280. The first-order valence-corrected chi connectivity index (χ1v) is 8.28. The van der Waals surface area contributed by atoms with E-state index < -0.39 is 29.4 Å². The maximum absolute atomic E-state index is 12.0. The number of carbonyl (C=O) groups excluding carboxylic acids is 3. The van der Waals surface area contributed by atoms with E-state index in [9.17, 15) is 14.4 Å². The number of anilines is 1. The molecule has 1 atom stereocenters. The molecule has 8 nitrogen and oxygen atoms in total. The lowest BCUT2D eigenvalue weighted by Crippen LogP contribution is -2.39. The quantitative estimate of drug-likeness (QED) is 0.570. The van der Waals surface area contributed by atoms with E-state index in [1.165, 1.54) is 18.3 Å². The molecule has 0 aromatic carbocycles. The van der Waals surface area contributed by atoms with Crippen LogP contribution < -0.4 is 16.4 Å². The third kappa shape index (κ3) is 4.11. The third-order valence-electron chi connectivity index (χ3n) is 3.52. The van der Waals surface area contributed by atoms with Gasteiger partial charge < -0.3 is 26.2 Å². The maximum Gasteiger partial charge on any atom is 0.314 e. The second-order valence-electron chi connectivity index (χ2n) is 6.31. The summed E-state index contributed by atoms with van der Waals surface area (Å²) in [5.41, 5.74) is 6.01. The number of ether oxygens (including phenoxy) is 1. The van der Waals surface area contributed by atoms with E-state index in [2.05, 4.69) is 10.6 Å². The molecule has 0 saturated heterocycles. The van der Waals surface area contributed by atoms with Gasteiger partial charge in [0.05, 0.1) is 23.9 Å². The van der Waals surface area contributed by atoms with Crippen LogP contribution in [-0.2, 0) is 27.4 Å². The fourth-order valence-electron chi connectivity index (χ4n) is 2.38. The van der Waals surface area contributed by atoms with Crippen LogP contribution in [0, 0.1) is 0 Å². The van der Waals surface area contributed by atoms with Crippen molar-refractivity contribution in [3.05, 3.63) is 16.0 Å². The number of hydrogen-bond acceptors (Lipinski definition) is 6. The Morgan fingerprint density at radius 3 is 2.62 bits per heavy atom. The van der Waals surface area contributed by atoms with Crippen molar-refractivity contribution in [1.29, 1.82) is 0 Å². The summed E-state index contributed by atoms with van der Waals surface area (Å²) in [6, 6.07) is 0. The molecule has 24 heavy (non-hydrogen) atoms. The first-order chi connectivity index (χ1) is 11.1.